The van der Waals surface area contributed by atoms with Gasteiger partial charge in [0.2, 0.25) is 0 Å². The summed E-state index contributed by atoms with van der Waals surface area (Å²) in [5.41, 5.74) is 0. The highest BCUT2D eigenvalue weighted by atomic mass is 16.5. The van der Waals surface area contributed by atoms with Crippen LogP contribution in [0.15, 0.2) is 0 Å². The lowest BCUT2D eigenvalue weighted by Gasteiger charge is -2.05. The van der Waals surface area contributed by atoms with Gasteiger partial charge in [-0.25, -0.2) is 0 Å². The molecule has 19 heavy (non-hydrogen) atoms. The second kappa shape index (κ2) is 15.4. The van der Waals surface area contributed by atoms with Gasteiger partial charge >= 0.3 is 5.97 Å². The molecule has 0 aromatic carbocycles. The van der Waals surface area contributed by atoms with Gasteiger partial charge in [-0.3, -0.25) is 4.79 Å². The molecule has 0 bridgehead atoms. The number of unbranched alkanes of at least 4 members (excludes halogenated alkanes) is 7. The first kappa shape index (κ1) is 18.4. The molecule has 0 heterocycles. The minimum Gasteiger partial charge on any atom is -0.481 e. The molecular formula is C15H31NO3. The molecule has 0 unspecified atom stereocenters. The number of ether oxygens (including phenoxy) is 1. The molecule has 0 rings (SSSR count). The molecule has 0 aliphatic heterocycles. The van der Waals surface area contributed by atoms with Gasteiger partial charge in [-0.1, -0.05) is 51.9 Å². The summed E-state index contributed by atoms with van der Waals surface area (Å²) < 4.78 is 5.18. The number of carbonyl (C=O) groups is 1. The smallest absolute Gasteiger partial charge is 0.305 e. The van der Waals surface area contributed by atoms with Gasteiger partial charge in [-0.15, -0.1) is 0 Å². The van der Waals surface area contributed by atoms with E-state index in [-0.39, 0.29) is 6.42 Å². The van der Waals surface area contributed by atoms with Crippen molar-refractivity contribution in [3.63, 3.8) is 0 Å². The number of hydrogen-bond acceptors (Lipinski definition) is 3. The average Bonchev–Trinajstić information content (AvgIpc) is 2.39. The second-order valence-corrected chi connectivity index (χ2v) is 4.98. The predicted molar refractivity (Wildman–Crippen MR) is 78.6 cm³/mol. The van der Waals surface area contributed by atoms with Crippen LogP contribution >= 0.6 is 0 Å². The quantitative estimate of drug-likeness (QED) is 0.450. The summed E-state index contributed by atoms with van der Waals surface area (Å²) in [7, 11) is 0. The van der Waals surface area contributed by atoms with Crippen LogP contribution in [0.1, 0.15) is 64.7 Å². The van der Waals surface area contributed by atoms with E-state index in [0.717, 1.165) is 13.1 Å². The molecule has 0 saturated heterocycles. The monoisotopic (exact) mass is 273 g/mol. The van der Waals surface area contributed by atoms with E-state index in [4.69, 9.17) is 9.84 Å². The lowest BCUT2D eigenvalue weighted by molar-refractivity contribution is -0.138. The Morgan fingerprint density at radius 2 is 1.58 bits per heavy atom. The first-order valence-electron chi connectivity index (χ1n) is 7.77. The Morgan fingerprint density at radius 3 is 2.21 bits per heavy atom. The van der Waals surface area contributed by atoms with Crippen molar-refractivity contribution in [1.29, 1.82) is 0 Å². The van der Waals surface area contributed by atoms with Crippen molar-refractivity contribution in [2.24, 2.45) is 0 Å². The van der Waals surface area contributed by atoms with Crippen LogP contribution < -0.4 is 5.32 Å². The van der Waals surface area contributed by atoms with Gasteiger partial charge in [0.25, 0.3) is 0 Å². The lowest BCUT2D eigenvalue weighted by Crippen LogP contribution is -2.21. The number of carboxylic acid groups (broad SMARTS) is 1. The van der Waals surface area contributed by atoms with E-state index in [1.54, 1.807) is 0 Å². The lowest BCUT2D eigenvalue weighted by atomic mass is 10.1. The van der Waals surface area contributed by atoms with Crippen molar-refractivity contribution < 1.29 is 14.6 Å². The minimum absolute atomic E-state index is 0.0953. The van der Waals surface area contributed by atoms with Crippen molar-refractivity contribution in [2.45, 2.75) is 64.7 Å². The highest BCUT2D eigenvalue weighted by Gasteiger charge is 1.96. The van der Waals surface area contributed by atoms with E-state index >= 15 is 0 Å². The zero-order chi connectivity index (χ0) is 14.2. The number of carboxylic acids is 1. The molecule has 0 atom stereocenters. The third kappa shape index (κ3) is 17.4. The van der Waals surface area contributed by atoms with Gasteiger partial charge in [0.1, 0.15) is 0 Å². The highest BCUT2D eigenvalue weighted by molar-refractivity contribution is 5.66. The van der Waals surface area contributed by atoms with E-state index < -0.39 is 5.97 Å². The van der Waals surface area contributed by atoms with Crippen LogP contribution in [0.2, 0.25) is 0 Å². The number of nitrogens with one attached hydrogen (secondary N) is 1. The second-order valence-electron chi connectivity index (χ2n) is 4.98. The Kier molecular flexibility index (Phi) is 15.0. The number of aliphatic carboxylic acids is 1. The summed E-state index contributed by atoms with van der Waals surface area (Å²) in [5.74, 6) is -0.799. The van der Waals surface area contributed by atoms with Gasteiger partial charge in [0, 0.05) is 6.54 Å². The maximum absolute atomic E-state index is 10.2. The molecule has 4 heteroatoms. The molecule has 0 fully saturated rings. The van der Waals surface area contributed by atoms with Crippen molar-refractivity contribution in [3.8, 4) is 0 Å². The summed E-state index contributed by atoms with van der Waals surface area (Å²) in [4.78, 5) is 10.2. The molecule has 0 spiro atoms. The van der Waals surface area contributed by atoms with Gasteiger partial charge < -0.3 is 15.2 Å². The number of hydrogen-bond donors (Lipinski definition) is 2. The van der Waals surface area contributed by atoms with Crippen molar-refractivity contribution in [1.82, 2.24) is 5.32 Å². The van der Waals surface area contributed by atoms with Crippen molar-refractivity contribution in [3.05, 3.63) is 0 Å². The van der Waals surface area contributed by atoms with Crippen LogP contribution in [0.4, 0.5) is 0 Å². The van der Waals surface area contributed by atoms with E-state index in [1.807, 2.05) is 0 Å². The zero-order valence-corrected chi connectivity index (χ0v) is 12.5. The van der Waals surface area contributed by atoms with Gasteiger partial charge in [-0.05, 0) is 13.0 Å². The first-order chi connectivity index (χ1) is 9.27. The van der Waals surface area contributed by atoms with Crippen molar-refractivity contribution >= 4 is 5.97 Å². The molecule has 0 radical (unpaired) electrons. The summed E-state index contributed by atoms with van der Waals surface area (Å²) in [6.07, 6.45) is 10.8. The van der Waals surface area contributed by atoms with Crippen LogP contribution in [0.25, 0.3) is 0 Å². The van der Waals surface area contributed by atoms with E-state index in [9.17, 15) is 4.79 Å². The summed E-state index contributed by atoms with van der Waals surface area (Å²) in [6, 6.07) is 0. The minimum atomic E-state index is -0.799. The molecule has 4 nitrogen and oxygen atoms in total. The van der Waals surface area contributed by atoms with E-state index in [1.165, 1.54) is 51.4 Å². The fourth-order valence-electron chi connectivity index (χ4n) is 1.91. The Balaban J connectivity index is 2.93. The van der Waals surface area contributed by atoms with Gasteiger partial charge in [0.05, 0.1) is 19.6 Å². The van der Waals surface area contributed by atoms with Crippen molar-refractivity contribution in [2.75, 3.05) is 26.3 Å². The molecule has 0 aromatic rings. The van der Waals surface area contributed by atoms with Crippen LogP contribution in [-0.4, -0.2) is 37.4 Å². The Hall–Kier alpha value is -0.610. The third-order valence-corrected chi connectivity index (χ3v) is 3.09. The molecule has 114 valence electrons. The SMILES string of the molecule is CCCCCCCCCCNCCOCCC(=O)O. The maximum atomic E-state index is 10.2. The molecule has 0 aliphatic rings. The van der Waals surface area contributed by atoms with Crippen LogP contribution in [-0.2, 0) is 9.53 Å². The Labute approximate surface area is 117 Å². The van der Waals surface area contributed by atoms with Crippen LogP contribution in [0.5, 0.6) is 0 Å². The molecule has 2 N–H and O–H groups in total. The summed E-state index contributed by atoms with van der Waals surface area (Å²) >= 11 is 0. The first-order valence-corrected chi connectivity index (χ1v) is 7.77. The standard InChI is InChI=1S/C15H31NO3/c1-2-3-4-5-6-7-8-9-11-16-12-14-19-13-10-15(17)18/h16H,2-14H2,1H3,(H,17,18). The molecule has 0 saturated carbocycles. The predicted octanol–water partition coefficient (Wildman–Crippen LogP) is 3.21. The largest absolute Gasteiger partial charge is 0.481 e. The van der Waals surface area contributed by atoms with Gasteiger partial charge in [-0.2, -0.15) is 0 Å². The summed E-state index contributed by atoms with van der Waals surface area (Å²) in [5, 5.41) is 11.7. The molecule has 0 aromatic heterocycles. The topological polar surface area (TPSA) is 58.6 Å². The zero-order valence-electron chi connectivity index (χ0n) is 12.5. The maximum Gasteiger partial charge on any atom is 0.305 e. The molecule has 0 amide bonds. The molecule has 0 aliphatic carbocycles. The van der Waals surface area contributed by atoms with Crippen LogP contribution in [0, 0.1) is 0 Å². The van der Waals surface area contributed by atoms with Gasteiger partial charge in [0.15, 0.2) is 0 Å². The number of rotatable bonds is 15. The average molecular weight is 273 g/mol. The highest BCUT2D eigenvalue weighted by Crippen LogP contribution is 2.07. The normalized spacial score (nSPS) is 10.8. The Morgan fingerprint density at radius 1 is 0.947 bits per heavy atom. The fraction of sp³-hybridized carbons (Fsp3) is 0.933. The Bertz CT molecular complexity index is 198. The van der Waals surface area contributed by atoms with Crippen LogP contribution in [0.3, 0.4) is 0 Å². The molecular weight excluding hydrogens is 242 g/mol. The fourth-order valence-corrected chi connectivity index (χ4v) is 1.91. The van der Waals surface area contributed by atoms with E-state index in [2.05, 4.69) is 12.2 Å². The summed E-state index contributed by atoms with van der Waals surface area (Å²) in [6.45, 7) is 5.02. The third-order valence-electron chi connectivity index (χ3n) is 3.09. The van der Waals surface area contributed by atoms with E-state index in [0.29, 0.717) is 13.2 Å².